The molecule has 1 atom stereocenters. The maximum absolute atomic E-state index is 10.8. The number of aromatic nitrogens is 3. The number of anilines is 2. The number of nitrogens with zero attached hydrogens (tertiary/aromatic N) is 4. The van der Waals surface area contributed by atoms with Crippen LogP contribution in [0.15, 0.2) is 36.7 Å². The first-order valence-corrected chi connectivity index (χ1v) is 10.1. The molecule has 25 heavy (non-hydrogen) atoms. The Morgan fingerprint density at radius 2 is 2.16 bits per heavy atom. The average Bonchev–Trinajstić information content (AvgIpc) is 3.24. The van der Waals surface area contributed by atoms with Crippen LogP contribution in [0.4, 0.5) is 11.5 Å². The predicted molar refractivity (Wildman–Crippen MR) is 114 cm³/mol. The molecule has 0 aliphatic carbocycles. The fourth-order valence-corrected chi connectivity index (χ4v) is 4.53. The second kappa shape index (κ2) is 7.06. The summed E-state index contributed by atoms with van der Waals surface area (Å²) >= 11 is 4.78. The Bertz CT molecular complexity index is 942. The van der Waals surface area contributed by atoms with E-state index in [0.717, 1.165) is 25.2 Å². The second-order valence-corrected chi connectivity index (χ2v) is 8.30. The van der Waals surface area contributed by atoms with Crippen molar-refractivity contribution in [3.05, 3.63) is 49.4 Å². The van der Waals surface area contributed by atoms with Gasteiger partial charge in [0.25, 0.3) is 0 Å². The smallest absolute Gasteiger partial charge is 0.211 e. The van der Waals surface area contributed by atoms with Crippen LogP contribution in [0, 0.1) is 7.14 Å². The highest BCUT2D eigenvalue weighted by Gasteiger charge is 2.29. The fraction of sp³-hybridized carbons (Fsp3) is 0.235. The molecule has 0 radical (unpaired) electrons. The number of hydrogen-bond acceptors (Lipinski definition) is 4. The number of fused-ring (bicyclic) bond motifs is 1. The molecule has 1 unspecified atom stereocenters. The van der Waals surface area contributed by atoms with Gasteiger partial charge in [0.15, 0.2) is 5.65 Å². The third kappa shape index (κ3) is 3.21. The van der Waals surface area contributed by atoms with Crippen LogP contribution in [-0.2, 0) is 4.79 Å². The number of rotatable bonds is 4. The van der Waals surface area contributed by atoms with E-state index >= 15 is 0 Å². The first kappa shape index (κ1) is 17.0. The van der Waals surface area contributed by atoms with Gasteiger partial charge in [-0.25, -0.2) is 9.50 Å². The maximum Gasteiger partial charge on any atom is 0.211 e. The molecule has 2 aromatic heterocycles. The number of carbonyl (C=O) groups excluding carboxylic acids is 1. The Balaban J connectivity index is 1.75. The van der Waals surface area contributed by atoms with Gasteiger partial charge in [0.2, 0.25) is 6.41 Å². The van der Waals surface area contributed by atoms with Gasteiger partial charge in [0.05, 0.1) is 12.2 Å². The minimum absolute atomic E-state index is 0.321. The normalized spacial score (nSPS) is 17.2. The lowest BCUT2D eigenvalue weighted by molar-refractivity contribution is -0.105. The van der Waals surface area contributed by atoms with Crippen LogP contribution in [0.5, 0.6) is 0 Å². The molecule has 0 spiro atoms. The van der Waals surface area contributed by atoms with E-state index in [1.807, 2.05) is 12.3 Å². The lowest BCUT2D eigenvalue weighted by atomic mass is 10.0. The lowest BCUT2D eigenvalue weighted by Gasteiger charge is -2.27. The number of amides is 1. The van der Waals surface area contributed by atoms with Crippen LogP contribution in [0.2, 0.25) is 0 Å². The van der Waals surface area contributed by atoms with Gasteiger partial charge in [-0.3, -0.25) is 4.79 Å². The van der Waals surface area contributed by atoms with Crippen molar-refractivity contribution < 1.29 is 4.79 Å². The van der Waals surface area contributed by atoms with Gasteiger partial charge in [-0.05, 0) is 87.9 Å². The van der Waals surface area contributed by atoms with E-state index in [4.69, 9.17) is 4.98 Å². The number of benzene rings is 1. The summed E-state index contributed by atoms with van der Waals surface area (Å²) in [6, 6.07) is 8.89. The second-order valence-electron chi connectivity index (χ2n) is 5.89. The summed E-state index contributed by atoms with van der Waals surface area (Å²) in [4.78, 5) is 17.9. The van der Waals surface area contributed by atoms with Crippen LogP contribution < -0.4 is 10.2 Å². The van der Waals surface area contributed by atoms with E-state index in [9.17, 15) is 4.79 Å². The first-order chi connectivity index (χ1) is 12.2. The minimum Gasteiger partial charge on any atom is -0.349 e. The Hall–Kier alpha value is -1.43. The molecule has 1 aromatic carbocycles. The van der Waals surface area contributed by atoms with E-state index in [-0.39, 0.29) is 0 Å². The molecular weight excluding hydrogens is 544 g/mol. The summed E-state index contributed by atoms with van der Waals surface area (Å²) < 4.78 is 4.20. The number of hydrogen-bond donors (Lipinski definition) is 1. The summed E-state index contributed by atoms with van der Waals surface area (Å²) in [5, 5.41) is 6.88. The van der Waals surface area contributed by atoms with Crippen LogP contribution in [0.25, 0.3) is 5.65 Å². The van der Waals surface area contributed by atoms with E-state index in [1.54, 1.807) is 10.7 Å². The monoisotopic (exact) mass is 559 g/mol. The van der Waals surface area contributed by atoms with Crippen molar-refractivity contribution in [1.29, 1.82) is 0 Å². The van der Waals surface area contributed by atoms with Crippen LogP contribution in [0.1, 0.15) is 24.4 Å². The van der Waals surface area contributed by atoms with Crippen molar-refractivity contribution >= 4 is 68.7 Å². The molecule has 1 amide bonds. The molecule has 8 heteroatoms. The molecule has 1 saturated heterocycles. The summed E-state index contributed by atoms with van der Waals surface area (Å²) in [7, 11) is 0. The number of carbonyl (C=O) groups is 1. The van der Waals surface area contributed by atoms with Crippen molar-refractivity contribution in [1.82, 2.24) is 14.6 Å². The number of halogens is 2. The molecule has 3 heterocycles. The van der Waals surface area contributed by atoms with Gasteiger partial charge in [0, 0.05) is 19.9 Å². The summed E-state index contributed by atoms with van der Waals surface area (Å²) in [5.74, 6) is 0.916. The first-order valence-electron chi connectivity index (χ1n) is 7.93. The highest BCUT2D eigenvalue weighted by Crippen LogP contribution is 2.38. The molecular formula is C17H15I2N5O. The molecule has 4 rings (SSSR count). The zero-order chi connectivity index (χ0) is 17.4. The summed E-state index contributed by atoms with van der Waals surface area (Å²) in [6.07, 6.45) is 6.41. The Labute approximate surface area is 172 Å². The van der Waals surface area contributed by atoms with Gasteiger partial charge >= 0.3 is 0 Å². The van der Waals surface area contributed by atoms with Crippen molar-refractivity contribution in [3.8, 4) is 0 Å². The summed E-state index contributed by atoms with van der Waals surface area (Å²) in [6.45, 7) is 0.972. The lowest BCUT2D eigenvalue weighted by Crippen LogP contribution is -2.24. The standard InChI is InChI=1S/C17H15I2N5O/c18-11-3-4-13(19)12(8-11)15-2-1-6-23(15)16-5-7-24-17(22-16)14(9-21-24)20-10-25/h3-5,7-10,15H,1-2,6H2,(H,20,25). The van der Waals surface area contributed by atoms with Crippen molar-refractivity contribution in [2.75, 3.05) is 16.8 Å². The van der Waals surface area contributed by atoms with Gasteiger partial charge < -0.3 is 10.2 Å². The zero-order valence-electron chi connectivity index (χ0n) is 13.2. The average molecular weight is 559 g/mol. The van der Waals surface area contributed by atoms with E-state index in [2.05, 4.69) is 78.7 Å². The zero-order valence-corrected chi connectivity index (χ0v) is 17.5. The Morgan fingerprint density at radius 3 is 3.00 bits per heavy atom. The van der Waals surface area contributed by atoms with Crippen LogP contribution >= 0.6 is 45.2 Å². The molecule has 1 fully saturated rings. The largest absolute Gasteiger partial charge is 0.349 e. The van der Waals surface area contributed by atoms with Crippen molar-refractivity contribution in [3.63, 3.8) is 0 Å². The molecule has 0 saturated carbocycles. The van der Waals surface area contributed by atoms with Crippen molar-refractivity contribution in [2.24, 2.45) is 0 Å². The van der Waals surface area contributed by atoms with Gasteiger partial charge in [0.1, 0.15) is 11.5 Å². The van der Waals surface area contributed by atoms with Crippen LogP contribution in [0.3, 0.4) is 0 Å². The summed E-state index contributed by atoms with van der Waals surface area (Å²) in [5.41, 5.74) is 2.63. The fourth-order valence-electron chi connectivity index (χ4n) is 3.32. The molecule has 3 aromatic rings. The molecule has 1 aliphatic heterocycles. The molecule has 1 N–H and O–H groups in total. The molecule has 128 valence electrons. The highest BCUT2D eigenvalue weighted by molar-refractivity contribution is 14.1. The third-order valence-corrected chi connectivity index (χ3v) is 6.09. The maximum atomic E-state index is 10.8. The molecule has 6 nitrogen and oxygen atoms in total. The van der Waals surface area contributed by atoms with E-state index < -0.39 is 0 Å². The van der Waals surface area contributed by atoms with Gasteiger partial charge in [-0.2, -0.15) is 5.10 Å². The Morgan fingerprint density at radius 1 is 1.28 bits per heavy atom. The minimum atomic E-state index is 0.321. The van der Waals surface area contributed by atoms with Crippen molar-refractivity contribution in [2.45, 2.75) is 18.9 Å². The Kier molecular flexibility index (Phi) is 4.80. The highest BCUT2D eigenvalue weighted by atomic mass is 127. The quantitative estimate of drug-likeness (QED) is 0.390. The molecule has 1 aliphatic rings. The molecule has 0 bridgehead atoms. The predicted octanol–water partition coefficient (Wildman–Crippen LogP) is 3.85. The van der Waals surface area contributed by atoms with E-state index in [0.29, 0.717) is 23.8 Å². The van der Waals surface area contributed by atoms with Gasteiger partial charge in [-0.1, -0.05) is 0 Å². The topological polar surface area (TPSA) is 62.5 Å². The van der Waals surface area contributed by atoms with Crippen LogP contribution in [-0.4, -0.2) is 27.6 Å². The number of nitrogens with one attached hydrogen (secondary N) is 1. The SMILES string of the molecule is O=CNc1cnn2ccc(N3CCCC3c3cc(I)ccc3I)nc12. The van der Waals surface area contributed by atoms with E-state index in [1.165, 1.54) is 12.7 Å². The van der Waals surface area contributed by atoms with Gasteiger partial charge in [-0.15, -0.1) is 0 Å². The third-order valence-electron chi connectivity index (χ3n) is 4.43.